The molecular weight excluding hydrogens is 244 g/mol. The predicted molar refractivity (Wildman–Crippen MR) is 63.0 cm³/mol. The summed E-state index contributed by atoms with van der Waals surface area (Å²) in [7, 11) is 4.48. The molecule has 0 saturated carbocycles. The topological polar surface area (TPSA) is 66.9 Å². The Balaban J connectivity index is 2.79. The van der Waals surface area contributed by atoms with E-state index in [0.29, 0.717) is 5.03 Å². The van der Waals surface area contributed by atoms with E-state index in [9.17, 15) is 14.4 Å². The summed E-state index contributed by atoms with van der Waals surface area (Å²) in [6.07, 6.45) is 1.22. The summed E-state index contributed by atoms with van der Waals surface area (Å²) in [5.74, 6) is -0.676. The van der Waals surface area contributed by atoms with Gasteiger partial charge in [-0.15, -0.1) is 0 Å². The van der Waals surface area contributed by atoms with Crippen LogP contribution in [0.25, 0.3) is 0 Å². The molecule has 0 aliphatic carbocycles. The molecule has 0 N–H and O–H groups in total. The number of amides is 2. The molecule has 1 fully saturated rings. The quantitative estimate of drug-likeness (QED) is 0.512. The van der Waals surface area contributed by atoms with Crippen LogP contribution in [0.1, 0.15) is 0 Å². The van der Waals surface area contributed by atoms with Crippen molar-refractivity contribution in [1.29, 1.82) is 0 Å². The number of hydrogen-bond donors (Lipinski definition) is 0. The molecule has 0 aromatic carbocycles. The molecule has 0 aromatic rings. The number of carbonyl (C=O) groups is 3. The largest absolute Gasteiger partial charge is 0.466 e. The van der Waals surface area contributed by atoms with Crippen molar-refractivity contribution in [1.82, 2.24) is 9.80 Å². The second-order valence-electron chi connectivity index (χ2n) is 3.56. The minimum Gasteiger partial charge on any atom is -0.466 e. The fraction of sp³-hybridized carbons (Fsp3) is 0.500. The van der Waals surface area contributed by atoms with E-state index in [0.717, 1.165) is 0 Å². The fourth-order valence-corrected chi connectivity index (χ4v) is 2.07. The fourth-order valence-electron chi connectivity index (χ4n) is 1.14. The van der Waals surface area contributed by atoms with Crippen LogP contribution in [0.15, 0.2) is 11.1 Å². The first-order chi connectivity index (χ1) is 7.95. The molecule has 0 unspecified atom stereocenters. The number of esters is 1. The monoisotopic (exact) mass is 258 g/mol. The van der Waals surface area contributed by atoms with E-state index in [1.54, 1.807) is 14.1 Å². The van der Waals surface area contributed by atoms with E-state index in [1.165, 1.54) is 34.7 Å². The average molecular weight is 258 g/mol. The van der Waals surface area contributed by atoms with Crippen LogP contribution in [0, 0.1) is 0 Å². The summed E-state index contributed by atoms with van der Waals surface area (Å²) < 4.78 is 4.49. The van der Waals surface area contributed by atoms with Gasteiger partial charge in [-0.1, -0.05) is 11.8 Å². The normalized spacial score (nSPS) is 17.5. The SMILES string of the molecule is COC(=O)/C=C1/SCC(=O)N1CC(=O)N(C)C. The highest BCUT2D eigenvalue weighted by Gasteiger charge is 2.29. The van der Waals surface area contributed by atoms with Crippen LogP contribution in [0.2, 0.25) is 0 Å². The predicted octanol–water partition coefficient (Wildman–Crippen LogP) is -0.336. The number of rotatable bonds is 3. The third-order valence-electron chi connectivity index (χ3n) is 2.15. The van der Waals surface area contributed by atoms with Crippen molar-refractivity contribution in [2.45, 2.75) is 0 Å². The Morgan fingerprint density at radius 2 is 2.18 bits per heavy atom. The highest BCUT2D eigenvalue weighted by Crippen LogP contribution is 2.28. The summed E-state index contributed by atoms with van der Waals surface area (Å²) in [5, 5.41) is 0.456. The van der Waals surface area contributed by atoms with E-state index in [4.69, 9.17) is 0 Å². The van der Waals surface area contributed by atoms with Gasteiger partial charge in [0.05, 0.1) is 24.0 Å². The number of nitrogens with zero attached hydrogens (tertiary/aromatic N) is 2. The Kier molecular flexibility index (Phi) is 4.56. The van der Waals surface area contributed by atoms with Gasteiger partial charge in [-0.3, -0.25) is 14.5 Å². The van der Waals surface area contributed by atoms with Crippen molar-refractivity contribution in [3.05, 3.63) is 11.1 Å². The second kappa shape index (κ2) is 5.72. The van der Waals surface area contributed by atoms with Gasteiger partial charge in [-0.25, -0.2) is 4.79 Å². The molecule has 1 heterocycles. The Morgan fingerprint density at radius 3 is 2.71 bits per heavy atom. The minimum absolute atomic E-state index is 0.0539. The Hall–Kier alpha value is -1.50. The van der Waals surface area contributed by atoms with Crippen LogP contribution in [-0.2, 0) is 19.1 Å². The zero-order chi connectivity index (χ0) is 13.0. The summed E-state index contributed by atoms with van der Waals surface area (Å²) in [6, 6.07) is 0. The first kappa shape index (κ1) is 13.6. The van der Waals surface area contributed by atoms with E-state index in [-0.39, 0.29) is 24.1 Å². The molecule has 1 aliphatic rings. The number of hydrogen-bond acceptors (Lipinski definition) is 5. The van der Waals surface area contributed by atoms with Gasteiger partial charge >= 0.3 is 5.97 Å². The Bertz CT molecular complexity index is 379. The van der Waals surface area contributed by atoms with Gasteiger partial charge in [0.1, 0.15) is 6.54 Å². The molecule has 6 nitrogen and oxygen atoms in total. The molecule has 0 atom stereocenters. The number of methoxy groups -OCH3 is 1. The van der Waals surface area contributed by atoms with Gasteiger partial charge in [-0.05, 0) is 0 Å². The van der Waals surface area contributed by atoms with Gasteiger partial charge in [0.15, 0.2) is 0 Å². The molecule has 1 aliphatic heterocycles. The third kappa shape index (κ3) is 3.48. The standard InChI is InChI=1S/C10H14N2O4S/c1-11(2)7(13)5-12-8(14)6-17-9(12)4-10(15)16-3/h4H,5-6H2,1-3H3/b9-4+. The number of ether oxygens (including phenoxy) is 1. The van der Waals surface area contributed by atoms with Crippen molar-refractivity contribution < 1.29 is 19.1 Å². The molecule has 94 valence electrons. The van der Waals surface area contributed by atoms with Crippen LogP contribution in [-0.4, -0.2) is 61.1 Å². The van der Waals surface area contributed by atoms with Crippen molar-refractivity contribution >= 4 is 29.5 Å². The first-order valence-corrected chi connectivity index (χ1v) is 5.87. The summed E-state index contributed by atoms with van der Waals surface area (Å²) >= 11 is 1.22. The highest BCUT2D eigenvalue weighted by atomic mass is 32.2. The lowest BCUT2D eigenvalue weighted by atomic mass is 10.4. The maximum Gasteiger partial charge on any atom is 0.333 e. The maximum atomic E-state index is 11.6. The number of likely N-dealkylation sites (N-methyl/N-ethyl adjacent to an activating group) is 1. The van der Waals surface area contributed by atoms with Crippen molar-refractivity contribution in [3.63, 3.8) is 0 Å². The van der Waals surface area contributed by atoms with Crippen LogP contribution >= 0.6 is 11.8 Å². The van der Waals surface area contributed by atoms with E-state index >= 15 is 0 Å². The molecule has 1 rings (SSSR count). The molecule has 0 aromatic heterocycles. The van der Waals surface area contributed by atoms with Gasteiger partial charge in [0.25, 0.3) is 0 Å². The lowest BCUT2D eigenvalue weighted by Gasteiger charge is -2.18. The summed E-state index contributed by atoms with van der Waals surface area (Å²) in [6.45, 7) is -0.0539. The number of carbonyl (C=O) groups excluding carboxylic acids is 3. The Labute approximate surface area is 104 Å². The molecule has 2 amide bonds. The van der Waals surface area contributed by atoms with Crippen LogP contribution in [0.3, 0.4) is 0 Å². The van der Waals surface area contributed by atoms with Crippen LogP contribution in [0.5, 0.6) is 0 Å². The molecule has 0 radical (unpaired) electrons. The number of thioether (sulfide) groups is 1. The highest BCUT2D eigenvalue weighted by molar-refractivity contribution is 8.04. The molecule has 1 saturated heterocycles. The van der Waals surface area contributed by atoms with Crippen molar-refractivity contribution in [2.24, 2.45) is 0 Å². The molecule has 0 spiro atoms. The van der Waals surface area contributed by atoms with Crippen molar-refractivity contribution in [2.75, 3.05) is 33.5 Å². The van der Waals surface area contributed by atoms with Gasteiger partial charge < -0.3 is 9.64 Å². The van der Waals surface area contributed by atoms with E-state index in [2.05, 4.69) is 4.74 Å². The molecule has 17 heavy (non-hydrogen) atoms. The average Bonchev–Trinajstić information content (AvgIpc) is 2.61. The maximum absolute atomic E-state index is 11.6. The lowest BCUT2D eigenvalue weighted by Crippen LogP contribution is -2.37. The molecule has 0 bridgehead atoms. The zero-order valence-corrected chi connectivity index (χ0v) is 10.7. The van der Waals surface area contributed by atoms with Gasteiger partial charge in [0.2, 0.25) is 11.8 Å². The molecule has 7 heteroatoms. The second-order valence-corrected chi connectivity index (χ2v) is 4.56. The van der Waals surface area contributed by atoms with Gasteiger partial charge in [-0.2, -0.15) is 0 Å². The Morgan fingerprint density at radius 1 is 1.53 bits per heavy atom. The minimum atomic E-state index is -0.537. The van der Waals surface area contributed by atoms with Crippen LogP contribution in [0.4, 0.5) is 0 Å². The van der Waals surface area contributed by atoms with E-state index < -0.39 is 5.97 Å². The van der Waals surface area contributed by atoms with E-state index in [1.807, 2.05) is 0 Å². The first-order valence-electron chi connectivity index (χ1n) is 4.88. The summed E-state index contributed by atoms with van der Waals surface area (Å²) in [4.78, 5) is 36.9. The zero-order valence-electron chi connectivity index (χ0n) is 9.93. The molecular formula is C10H14N2O4S. The van der Waals surface area contributed by atoms with Crippen LogP contribution < -0.4 is 0 Å². The smallest absolute Gasteiger partial charge is 0.333 e. The third-order valence-corrected chi connectivity index (χ3v) is 3.17. The van der Waals surface area contributed by atoms with Crippen molar-refractivity contribution in [3.8, 4) is 0 Å². The summed E-state index contributed by atoms with van der Waals surface area (Å²) in [5.41, 5.74) is 0. The van der Waals surface area contributed by atoms with Gasteiger partial charge in [0, 0.05) is 14.1 Å². The lowest BCUT2D eigenvalue weighted by molar-refractivity contribution is -0.136.